The van der Waals surface area contributed by atoms with Crippen LogP contribution in [0.4, 0.5) is 0 Å². The van der Waals surface area contributed by atoms with Crippen molar-refractivity contribution in [2.75, 3.05) is 20.2 Å². The molecule has 2 N–H and O–H groups in total. The second-order valence-corrected chi connectivity index (χ2v) is 6.49. The normalized spacial score (nSPS) is 18.7. The topological polar surface area (TPSA) is 72.6 Å². The Kier molecular flexibility index (Phi) is 4.15. The molecular weight excluding hydrogens is 332 g/mol. The third-order valence-corrected chi connectivity index (χ3v) is 5.54. The van der Waals surface area contributed by atoms with Gasteiger partial charge in [-0.1, -0.05) is 0 Å². The molecule has 0 aromatic carbocycles. The fourth-order valence-electron chi connectivity index (χ4n) is 2.15. The van der Waals surface area contributed by atoms with E-state index in [1.807, 2.05) is 6.92 Å². The summed E-state index contributed by atoms with van der Waals surface area (Å²) in [4.78, 5) is 26.8. The molecule has 0 unspecified atom stereocenters. The molecule has 1 aromatic heterocycles. The van der Waals surface area contributed by atoms with Crippen molar-refractivity contribution in [1.82, 2.24) is 4.90 Å². The van der Waals surface area contributed by atoms with Gasteiger partial charge in [0.15, 0.2) is 5.75 Å². The summed E-state index contributed by atoms with van der Waals surface area (Å²) in [5.74, 6) is -0.111. The number of primary amides is 1. The number of likely N-dealkylation sites (tertiary alicyclic amines) is 1. The summed E-state index contributed by atoms with van der Waals surface area (Å²) in [5.41, 5.74) is 5.28. The quantitative estimate of drug-likeness (QED) is 0.906. The summed E-state index contributed by atoms with van der Waals surface area (Å²) in [5, 5.41) is 0. The minimum Gasteiger partial charge on any atom is -0.494 e. The summed E-state index contributed by atoms with van der Waals surface area (Å²) >= 11 is 4.80. The van der Waals surface area contributed by atoms with Gasteiger partial charge in [-0.25, -0.2) is 0 Å². The maximum absolute atomic E-state index is 12.4. The lowest BCUT2D eigenvalue weighted by molar-refractivity contribution is -0.121. The van der Waals surface area contributed by atoms with Crippen molar-refractivity contribution in [2.45, 2.75) is 13.3 Å². The van der Waals surface area contributed by atoms with Crippen LogP contribution in [0.5, 0.6) is 5.75 Å². The molecular formula is C12H15BrN2O3S. The van der Waals surface area contributed by atoms with E-state index in [-0.39, 0.29) is 17.7 Å². The predicted octanol–water partition coefficient (Wildman–Crippen LogP) is 1.78. The molecule has 0 bridgehead atoms. The maximum Gasteiger partial charge on any atom is 0.267 e. The number of carbonyl (C=O) groups excluding carboxylic acids is 2. The minimum absolute atomic E-state index is 0.0978. The lowest BCUT2D eigenvalue weighted by Crippen LogP contribution is -2.31. The van der Waals surface area contributed by atoms with Crippen LogP contribution in [0.15, 0.2) is 4.47 Å². The van der Waals surface area contributed by atoms with E-state index in [0.717, 1.165) is 9.35 Å². The van der Waals surface area contributed by atoms with Gasteiger partial charge in [-0.05, 0) is 29.3 Å². The van der Waals surface area contributed by atoms with Crippen LogP contribution in [0.2, 0.25) is 0 Å². The Morgan fingerprint density at radius 2 is 2.21 bits per heavy atom. The SMILES string of the molecule is COc1c(C(=O)N2CC[C@H](C(N)=O)C2)sc(C)c1Br. The monoisotopic (exact) mass is 346 g/mol. The number of methoxy groups -OCH3 is 1. The van der Waals surface area contributed by atoms with E-state index in [4.69, 9.17) is 10.5 Å². The third kappa shape index (κ3) is 2.62. The zero-order valence-electron chi connectivity index (χ0n) is 10.7. The standard InChI is InChI=1S/C12H15BrN2O3S/c1-6-8(13)9(18-2)10(19-6)12(17)15-4-3-7(5-15)11(14)16/h7H,3-5H2,1-2H3,(H2,14,16)/t7-/m0/s1. The van der Waals surface area contributed by atoms with E-state index in [0.29, 0.717) is 30.1 Å². The Morgan fingerprint density at radius 1 is 1.53 bits per heavy atom. The summed E-state index contributed by atoms with van der Waals surface area (Å²) in [6, 6.07) is 0. The third-order valence-electron chi connectivity index (χ3n) is 3.25. The van der Waals surface area contributed by atoms with Gasteiger partial charge in [0.05, 0.1) is 17.5 Å². The second kappa shape index (κ2) is 5.50. The highest BCUT2D eigenvalue weighted by atomic mass is 79.9. The van der Waals surface area contributed by atoms with Crippen LogP contribution >= 0.6 is 27.3 Å². The smallest absolute Gasteiger partial charge is 0.267 e. The van der Waals surface area contributed by atoms with Crippen molar-refractivity contribution in [1.29, 1.82) is 0 Å². The molecule has 1 aromatic rings. The summed E-state index contributed by atoms with van der Waals surface area (Å²) in [6.45, 7) is 2.88. The molecule has 2 heterocycles. The molecule has 1 atom stereocenters. The molecule has 2 rings (SSSR count). The van der Waals surface area contributed by atoms with E-state index in [9.17, 15) is 9.59 Å². The van der Waals surface area contributed by atoms with Crippen LogP contribution < -0.4 is 10.5 Å². The van der Waals surface area contributed by atoms with Gasteiger partial charge in [0.25, 0.3) is 5.91 Å². The summed E-state index contributed by atoms with van der Waals surface area (Å²) < 4.78 is 6.09. The number of amides is 2. The average Bonchev–Trinajstić information content (AvgIpc) is 2.95. The molecule has 19 heavy (non-hydrogen) atoms. The van der Waals surface area contributed by atoms with Crippen LogP contribution in [0.25, 0.3) is 0 Å². The van der Waals surface area contributed by atoms with Crippen LogP contribution in [-0.4, -0.2) is 36.9 Å². The molecule has 0 spiro atoms. The Hall–Kier alpha value is -1.08. The van der Waals surface area contributed by atoms with Crippen LogP contribution in [0.3, 0.4) is 0 Å². The molecule has 7 heteroatoms. The van der Waals surface area contributed by atoms with Crippen LogP contribution in [0, 0.1) is 12.8 Å². The first-order valence-electron chi connectivity index (χ1n) is 5.87. The predicted molar refractivity (Wildman–Crippen MR) is 76.5 cm³/mol. The molecule has 1 fully saturated rings. The van der Waals surface area contributed by atoms with E-state index in [1.165, 1.54) is 11.3 Å². The van der Waals surface area contributed by atoms with Crippen molar-refractivity contribution >= 4 is 39.1 Å². The number of hydrogen-bond donors (Lipinski definition) is 1. The number of hydrogen-bond acceptors (Lipinski definition) is 4. The van der Waals surface area contributed by atoms with E-state index in [2.05, 4.69) is 15.9 Å². The zero-order valence-corrected chi connectivity index (χ0v) is 13.1. The van der Waals surface area contributed by atoms with Crippen LogP contribution in [0.1, 0.15) is 21.0 Å². The molecule has 0 radical (unpaired) electrons. The molecule has 104 valence electrons. The molecule has 1 saturated heterocycles. The molecule has 2 amide bonds. The molecule has 0 saturated carbocycles. The number of aryl methyl sites for hydroxylation is 1. The fourth-order valence-corrected chi connectivity index (χ4v) is 3.86. The van der Waals surface area contributed by atoms with Crippen molar-refractivity contribution in [3.63, 3.8) is 0 Å². The zero-order chi connectivity index (χ0) is 14.2. The highest BCUT2D eigenvalue weighted by molar-refractivity contribution is 9.10. The lowest BCUT2D eigenvalue weighted by Gasteiger charge is -2.15. The maximum atomic E-state index is 12.4. The lowest BCUT2D eigenvalue weighted by atomic mass is 10.1. The summed E-state index contributed by atoms with van der Waals surface area (Å²) in [7, 11) is 1.54. The Morgan fingerprint density at radius 3 is 2.74 bits per heavy atom. The second-order valence-electron chi connectivity index (χ2n) is 4.47. The first kappa shape index (κ1) is 14.3. The molecule has 5 nitrogen and oxygen atoms in total. The summed E-state index contributed by atoms with van der Waals surface area (Å²) in [6.07, 6.45) is 0.634. The van der Waals surface area contributed by atoms with Gasteiger partial charge in [0.1, 0.15) is 4.88 Å². The van der Waals surface area contributed by atoms with Crippen LogP contribution in [-0.2, 0) is 4.79 Å². The first-order chi connectivity index (χ1) is 8.95. The van der Waals surface area contributed by atoms with Gasteiger partial charge >= 0.3 is 0 Å². The first-order valence-corrected chi connectivity index (χ1v) is 7.48. The minimum atomic E-state index is -0.342. The Bertz CT molecular complexity index is 529. The highest BCUT2D eigenvalue weighted by Gasteiger charge is 2.33. The van der Waals surface area contributed by atoms with Gasteiger partial charge in [0, 0.05) is 18.0 Å². The number of nitrogens with two attached hydrogens (primary N) is 1. The fraction of sp³-hybridized carbons (Fsp3) is 0.500. The van der Waals surface area contributed by atoms with Crippen molar-refractivity contribution < 1.29 is 14.3 Å². The number of rotatable bonds is 3. The van der Waals surface area contributed by atoms with Gasteiger partial charge in [-0.2, -0.15) is 0 Å². The van der Waals surface area contributed by atoms with Gasteiger partial charge in [-0.3, -0.25) is 9.59 Å². The highest BCUT2D eigenvalue weighted by Crippen LogP contribution is 2.40. The van der Waals surface area contributed by atoms with E-state index in [1.54, 1.807) is 12.0 Å². The largest absolute Gasteiger partial charge is 0.494 e. The number of ether oxygens (including phenoxy) is 1. The average molecular weight is 347 g/mol. The molecule has 0 aliphatic carbocycles. The van der Waals surface area contributed by atoms with Crippen molar-refractivity contribution in [3.8, 4) is 5.75 Å². The number of nitrogens with zero attached hydrogens (tertiary/aromatic N) is 1. The number of thiophene rings is 1. The number of carbonyl (C=O) groups is 2. The van der Waals surface area contributed by atoms with Crippen molar-refractivity contribution in [2.24, 2.45) is 11.7 Å². The van der Waals surface area contributed by atoms with Gasteiger partial charge in [0.2, 0.25) is 5.91 Å². The van der Waals surface area contributed by atoms with E-state index >= 15 is 0 Å². The number of halogens is 1. The Labute approximate surface area is 123 Å². The van der Waals surface area contributed by atoms with Gasteiger partial charge in [-0.15, -0.1) is 11.3 Å². The van der Waals surface area contributed by atoms with Gasteiger partial charge < -0.3 is 15.4 Å². The van der Waals surface area contributed by atoms with Crippen molar-refractivity contribution in [3.05, 3.63) is 14.2 Å². The molecule has 1 aliphatic rings. The van der Waals surface area contributed by atoms with E-state index < -0.39 is 0 Å². The molecule has 1 aliphatic heterocycles. The Balaban J connectivity index is 2.21.